The fourth-order valence-electron chi connectivity index (χ4n) is 1.93. The average Bonchev–Trinajstić information content (AvgIpc) is 2.28. The van der Waals surface area contributed by atoms with Gasteiger partial charge < -0.3 is 0 Å². The van der Waals surface area contributed by atoms with Gasteiger partial charge in [0.2, 0.25) is 0 Å². The van der Waals surface area contributed by atoms with Crippen LogP contribution < -0.4 is 0 Å². The Kier molecular flexibility index (Phi) is 3.43. The molecule has 0 spiro atoms. The summed E-state index contributed by atoms with van der Waals surface area (Å²) in [5.41, 5.74) is 5.53. The molecule has 0 radical (unpaired) electrons. The quantitative estimate of drug-likeness (QED) is 0.753. The van der Waals surface area contributed by atoms with E-state index in [0.717, 1.165) is 17.0 Å². The highest BCUT2D eigenvalue weighted by Gasteiger charge is 2.06. The lowest BCUT2D eigenvalue weighted by atomic mass is 10.0. The van der Waals surface area contributed by atoms with Crippen LogP contribution in [-0.2, 0) is 5.88 Å². The average molecular weight is 247 g/mol. The highest BCUT2D eigenvalue weighted by atomic mass is 35.5. The minimum atomic E-state index is 0.347. The van der Waals surface area contributed by atoms with E-state index in [1.807, 2.05) is 13.0 Å². The van der Waals surface area contributed by atoms with E-state index in [-0.39, 0.29) is 0 Å². The van der Waals surface area contributed by atoms with E-state index in [1.165, 1.54) is 11.1 Å². The maximum atomic E-state index is 5.80. The Hall–Kier alpha value is -1.41. The van der Waals surface area contributed by atoms with E-state index in [9.17, 15) is 0 Å². The van der Waals surface area contributed by atoms with Crippen molar-refractivity contribution in [1.82, 2.24) is 9.97 Å². The largest absolute Gasteiger partial charge is 0.237 e. The summed E-state index contributed by atoms with van der Waals surface area (Å²) in [5, 5.41) is 0. The number of alkyl halides is 1. The normalized spacial score (nSPS) is 10.6. The first-order valence-corrected chi connectivity index (χ1v) is 6.12. The molecule has 17 heavy (non-hydrogen) atoms. The summed E-state index contributed by atoms with van der Waals surface area (Å²) in [6.07, 6.45) is 0. The number of aromatic nitrogens is 2. The summed E-state index contributed by atoms with van der Waals surface area (Å²) < 4.78 is 0. The van der Waals surface area contributed by atoms with Gasteiger partial charge in [-0.05, 0) is 32.4 Å². The Balaban J connectivity index is 2.55. The summed E-state index contributed by atoms with van der Waals surface area (Å²) in [4.78, 5) is 8.75. The molecule has 0 aliphatic rings. The fourth-order valence-corrected chi connectivity index (χ4v) is 2.05. The topological polar surface area (TPSA) is 25.8 Å². The molecule has 3 heteroatoms. The van der Waals surface area contributed by atoms with Gasteiger partial charge in [0.1, 0.15) is 5.82 Å². The van der Waals surface area contributed by atoms with E-state index >= 15 is 0 Å². The Morgan fingerprint density at radius 3 is 2.47 bits per heavy atom. The van der Waals surface area contributed by atoms with Crippen LogP contribution in [0.5, 0.6) is 0 Å². The van der Waals surface area contributed by atoms with Crippen LogP contribution >= 0.6 is 11.6 Å². The Morgan fingerprint density at radius 2 is 1.82 bits per heavy atom. The zero-order valence-electron chi connectivity index (χ0n) is 10.3. The number of benzene rings is 1. The second-order valence-corrected chi connectivity index (χ2v) is 4.53. The molecule has 88 valence electrons. The molecule has 0 fully saturated rings. The molecule has 0 aliphatic heterocycles. The van der Waals surface area contributed by atoms with E-state index in [2.05, 4.69) is 42.0 Å². The molecule has 2 nitrogen and oxygen atoms in total. The van der Waals surface area contributed by atoms with Crippen molar-refractivity contribution in [1.29, 1.82) is 0 Å². The van der Waals surface area contributed by atoms with Gasteiger partial charge in [-0.3, -0.25) is 0 Å². The highest BCUT2D eigenvalue weighted by molar-refractivity contribution is 6.16. The van der Waals surface area contributed by atoms with Crippen LogP contribution in [0.15, 0.2) is 24.3 Å². The molecule has 0 N–H and O–H groups in total. The van der Waals surface area contributed by atoms with Crippen molar-refractivity contribution >= 4 is 11.6 Å². The van der Waals surface area contributed by atoms with Crippen molar-refractivity contribution < 1.29 is 0 Å². The third-order valence-corrected chi connectivity index (χ3v) is 2.92. The molecule has 1 aromatic carbocycles. The summed E-state index contributed by atoms with van der Waals surface area (Å²) in [7, 11) is 0. The third kappa shape index (κ3) is 2.64. The first-order valence-electron chi connectivity index (χ1n) is 5.58. The van der Waals surface area contributed by atoms with Gasteiger partial charge in [-0.2, -0.15) is 0 Å². The minimum absolute atomic E-state index is 0.347. The lowest BCUT2D eigenvalue weighted by Crippen LogP contribution is -1.97. The molecule has 1 heterocycles. The van der Waals surface area contributed by atoms with Crippen LogP contribution in [0.3, 0.4) is 0 Å². The number of halogens is 1. The van der Waals surface area contributed by atoms with Crippen LogP contribution in [0.4, 0.5) is 0 Å². The van der Waals surface area contributed by atoms with Crippen LogP contribution in [0.25, 0.3) is 11.3 Å². The second kappa shape index (κ2) is 4.84. The smallest absolute Gasteiger partial charge is 0.143 e. The molecule has 0 unspecified atom stereocenters. The predicted octanol–water partition coefficient (Wildman–Crippen LogP) is 3.81. The van der Waals surface area contributed by atoms with Crippen LogP contribution in [-0.4, -0.2) is 9.97 Å². The maximum Gasteiger partial charge on any atom is 0.143 e. The third-order valence-electron chi connectivity index (χ3n) is 2.68. The number of aryl methyl sites for hydroxylation is 3. The first-order chi connectivity index (χ1) is 8.10. The predicted molar refractivity (Wildman–Crippen MR) is 71.2 cm³/mol. The molecule has 1 aromatic heterocycles. The zero-order valence-corrected chi connectivity index (χ0v) is 11.0. The van der Waals surface area contributed by atoms with Crippen molar-refractivity contribution in [2.24, 2.45) is 0 Å². The van der Waals surface area contributed by atoms with Crippen molar-refractivity contribution in [3.8, 4) is 11.3 Å². The molecule has 0 saturated carbocycles. The second-order valence-electron chi connectivity index (χ2n) is 4.26. The number of hydrogen-bond acceptors (Lipinski definition) is 2. The van der Waals surface area contributed by atoms with Crippen LogP contribution in [0.2, 0.25) is 0 Å². The molecule has 0 aliphatic carbocycles. The maximum absolute atomic E-state index is 5.80. The standard InChI is InChI=1S/C14H15ClN2/c1-9-4-5-12(10(2)6-9)13-7-11(3)16-14(8-15)17-13/h4-7H,8H2,1-3H3. The van der Waals surface area contributed by atoms with Crippen LogP contribution in [0.1, 0.15) is 22.6 Å². The van der Waals surface area contributed by atoms with Gasteiger partial charge in [0.05, 0.1) is 11.6 Å². The molecule has 0 bridgehead atoms. The van der Waals surface area contributed by atoms with Gasteiger partial charge in [0, 0.05) is 11.3 Å². The zero-order chi connectivity index (χ0) is 12.4. The highest BCUT2D eigenvalue weighted by Crippen LogP contribution is 2.23. The first kappa shape index (κ1) is 12.1. The molecule has 2 rings (SSSR count). The number of nitrogens with zero attached hydrogens (tertiary/aromatic N) is 2. The van der Waals surface area contributed by atoms with E-state index in [0.29, 0.717) is 11.7 Å². The van der Waals surface area contributed by atoms with Gasteiger partial charge in [-0.1, -0.05) is 23.8 Å². The van der Waals surface area contributed by atoms with Gasteiger partial charge in [0.25, 0.3) is 0 Å². The van der Waals surface area contributed by atoms with E-state index in [1.54, 1.807) is 0 Å². The van der Waals surface area contributed by atoms with Gasteiger partial charge in [0.15, 0.2) is 0 Å². The monoisotopic (exact) mass is 246 g/mol. The molecular formula is C14H15ClN2. The summed E-state index contributed by atoms with van der Waals surface area (Å²) in [6, 6.07) is 8.35. The number of rotatable bonds is 2. The Labute approximate surface area is 107 Å². The van der Waals surface area contributed by atoms with Crippen molar-refractivity contribution in [2.75, 3.05) is 0 Å². The molecule has 0 amide bonds. The van der Waals surface area contributed by atoms with Crippen molar-refractivity contribution in [3.63, 3.8) is 0 Å². The fraction of sp³-hybridized carbons (Fsp3) is 0.286. The number of hydrogen-bond donors (Lipinski definition) is 0. The van der Waals surface area contributed by atoms with Gasteiger partial charge in [-0.15, -0.1) is 11.6 Å². The summed E-state index contributed by atoms with van der Waals surface area (Å²) in [5.74, 6) is 1.03. The lowest BCUT2D eigenvalue weighted by molar-refractivity contribution is 0.996. The molecular weight excluding hydrogens is 232 g/mol. The Bertz CT molecular complexity index is 550. The lowest BCUT2D eigenvalue weighted by Gasteiger charge is -2.08. The SMILES string of the molecule is Cc1ccc(-c2cc(C)nc(CCl)n2)c(C)c1. The molecule has 0 saturated heterocycles. The summed E-state index contributed by atoms with van der Waals surface area (Å²) >= 11 is 5.80. The molecule has 2 aromatic rings. The molecule has 0 atom stereocenters. The van der Waals surface area contributed by atoms with Gasteiger partial charge >= 0.3 is 0 Å². The van der Waals surface area contributed by atoms with Crippen molar-refractivity contribution in [2.45, 2.75) is 26.7 Å². The van der Waals surface area contributed by atoms with Crippen molar-refractivity contribution in [3.05, 3.63) is 46.9 Å². The Morgan fingerprint density at radius 1 is 1.06 bits per heavy atom. The van der Waals surface area contributed by atoms with Gasteiger partial charge in [-0.25, -0.2) is 9.97 Å². The summed E-state index contributed by atoms with van der Waals surface area (Å²) in [6.45, 7) is 6.15. The van der Waals surface area contributed by atoms with Crippen LogP contribution in [0, 0.1) is 20.8 Å². The van der Waals surface area contributed by atoms with E-state index in [4.69, 9.17) is 11.6 Å². The minimum Gasteiger partial charge on any atom is -0.237 e. The van der Waals surface area contributed by atoms with E-state index < -0.39 is 0 Å².